The van der Waals surface area contributed by atoms with E-state index >= 15 is 0 Å². The van der Waals surface area contributed by atoms with E-state index in [2.05, 4.69) is 10.3 Å². The van der Waals surface area contributed by atoms with Crippen molar-refractivity contribution in [2.45, 2.75) is 38.0 Å². The second kappa shape index (κ2) is 11.4. The number of carbonyl (C=O) groups excluding carboxylic acids is 2. The van der Waals surface area contributed by atoms with Crippen molar-refractivity contribution in [1.82, 2.24) is 20.1 Å². The second-order valence-corrected chi connectivity index (χ2v) is 12.0. The van der Waals surface area contributed by atoms with Gasteiger partial charge in [-0.1, -0.05) is 62.7 Å². The molecule has 0 radical (unpaired) electrons. The molecule has 2 amide bonds. The van der Waals surface area contributed by atoms with Gasteiger partial charge in [-0.2, -0.15) is 5.10 Å². The van der Waals surface area contributed by atoms with Crippen molar-refractivity contribution in [2.24, 2.45) is 0 Å². The second-order valence-electron chi connectivity index (χ2n) is 10.5. The molecule has 0 saturated carbocycles. The lowest BCUT2D eigenvalue weighted by Crippen LogP contribution is -2.42. The van der Waals surface area contributed by atoms with Gasteiger partial charge in [0, 0.05) is 17.2 Å². The Kier molecular flexibility index (Phi) is 7.96. The fourth-order valence-corrected chi connectivity index (χ4v) is 6.09. The third-order valence-electron chi connectivity index (χ3n) is 6.53. The molecule has 5 rings (SSSR count). The number of thioether (sulfide) groups is 1. The van der Waals surface area contributed by atoms with Crippen LogP contribution >= 0.6 is 23.4 Å². The van der Waals surface area contributed by atoms with Gasteiger partial charge in [-0.05, 0) is 42.0 Å². The lowest BCUT2D eigenvalue weighted by Gasteiger charge is -2.24. The monoisotopic (exact) mass is 577 g/mol. The Bertz CT molecular complexity index is 1550. The van der Waals surface area contributed by atoms with Crippen molar-refractivity contribution >= 4 is 41.0 Å². The highest BCUT2D eigenvalue weighted by atomic mass is 35.5. The molecule has 3 heterocycles. The minimum Gasteiger partial charge on any atom is -0.349 e. The number of benzene rings is 2. The number of amides is 2. The van der Waals surface area contributed by atoms with Gasteiger partial charge in [-0.3, -0.25) is 19.5 Å². The van der Waals surface area contributed by atoms with E-state index in [0.29, 0.717) is 27.8 Å². The quantitative estimate of drug-likeness (QED) is 0.311. The lowest BCUT2D eigenvalue weighted by atomic mass is 9.87. The van der Waals surface area contributed by atoms with Crippen molar-refractivity contribution in [3.8, 4) is 5.69 Å². The van der Waals surface area contributed by atoms with Crippen LogP contribution in [0, 0.1) is 5.82 Å². The number of fused-ring (bicyclic) bond motifs is 1. The molecule has 2 aromatic carbocycles. The number of aromatic nitrogens is 3. The minimum atomic E-state index is -0.441. The number of rotatable bonds is 6. The van der Waals surface area contributed by atoms with E-state index in [4.69, 9.17) is 16.7 Å². The smallest absolute Gasteiger partial charge is 0.240 e. The van der Waals surface area contributed by atoms with Crippen LogP contribution in [0.1, 0.15) is 48.5 Å². The molecule has 1 aliphatic heterocycles. The van der Waals surface area contributed by atoms with Gasteiger partial charge < -0.3 is 5.32 Å². The van der Waals surface area contributed by atoms with E-state index in [0.717, 1.165) is 11.3 Å². The van der Waals surface area contributed by atoms with Crippen molar-refractivity contribution in [3.63, 3.8) is 0 Å². The molecule has 1 atom stereocenters. The molecule has 0 bridgehead atoms. The number of carbonyl (C=O) groups is 2. The molecule has 7 nitrogen and oxygen atoms in total. The molecule has 1 N–H and O–H groups in total. The molecule has 2 aromatic heterocycles. The zero-order valence-electron chi connectivity index (χ0n) is 22.4. The zero-order chi connectivity index (χ0) is 28.4. The molecule has 0 aliphatic carbocycles. The molecular formula is C30H29ClFN5O2S. The van der Waals surface area contributed by atoms with Gasteiger partial charge in [0.1, 0.15) is 18.2 Å². The highest BCUT2D eigenvalue weighted by Gasteiger charge is 2.40. The van der Waals surface area contributed by atoms with Gasteiger partial charge in [-0.25, -0.2) is 9.07 Å². The van der Waals surface area contributed by atoms with Crippen molar-refractivity contribution < 1.29 is 14.0 Å². The summed E-state index contributed by atoms with van der Waals surface area (Å²) in [6, 6.07) is 19.1. The number of pyridine rings is 1. The number of anilines is 1. The van der Waals surface area contributed by atoms with Crippen LogP contribution in [0.2, 0.25) is 5.02 Å². The van der Waals surface area contributed by atoms with Crippen LogP contribution in [0.5, 0.6) is 0 Å². The Morgan fingerprint density at radius 1 is 1.12 bits per heavy atom. The number of halogens is 2. The molecule has 10 heteroatoms. The van der Waals surface area contributed by atoms with Gasteiger partial charge >= 0.3 is 0 Å². The summed E-state index contributed by atoms with van der Waals surface area (Å²) in [4.78, 5) is 32.7. The van der Waals surface area contributed by atoms with Crippen LogP contribution < -0.4 is 10.2 Å². The summed E-state index contributed by atoms with van der Waals surface area (Å²) < 4.78 is 16.1. The Morgan fingerprint density at radius 2 is 1.90 bits per heavy atom. The highest BCUT2D eigenvalue weighted by Crippen LogP contribution is 2.48. The van der Waals surface area contributed by atoms with E-state index < -0.39 is 10.7 Å². The summed E-state index contributed by atoms with van der Waals surface area (Å²) in [6.45, 7) is 6.12. The molecule has 4 aromatic rings. The first kappa shape index (κ1) is 27.9. The summed E-state index contributed by atoms with van der Waals surface area (Å²) >= 11 is 8.04. The first-order chi connectivity index (χ1) is 19.1. The first-order valence-electron chi connectivity index (χ1n) is 12.9. The average molecular weight is 578 g/mol. The summed E-state index contributed by atoms with van der Waals surface area (Å²) in [6.07, 6.45) is 1.66. The highest BCUT2D eigenvalue weighted by molar-refractivity contribution is 8.00. The minimum absolute atomic E-state index is 0.0927. The Balaban J connectivity index is 1.67. The molecule has 0 spiro atoms. The van der Waals surface area contributed by atoms with Gasteiger partial charge in [0.15, 0.2) is 0 Å². The van der Waals surface area contributed by atoms with Crippen LogP contribution in [-0.4, -0.2) is 38.9 Å². The Hall–Kier alpha value is -3.69. The Labute approximate surface area is 241 Å². The number of nitrogens with one attached hydrogen (secondary N) is 1. The number of hydrogen-bond donors (Lipinski definition) is 1. The Morgan fingerprint density at radius 3 is 2.60 bits per heavy atom. The number of nitrogens with zero attached hydrogens (tertiary/aromatic N) is 4. The van der Waals surface area contributed by atoms with E-state index in [1.165, 1.54) is 28.8 Å². The molecule has 0 fully saturated rings. The van der Waals surface area contributed by atoms with Crippen molar-refractivity contribution in [3.05, 3.63) is 106 Å². The summed E-state index contributed by atoms with van der Waals surface area (Å²) in [5.74, 6) is -0.419. The summed E-state index contributed by atoms with van der Waals surface area (Å²) in [5, 5.41) is 7.92. The topological polar surface area (TPSA) is 80.1 Å². The molecule has 206 valence electrons. The van der Waals surface area contributed by atoms with Gasteiger partial charge in [0.05, 0.1) is 39.6 Å². The molecule has 0 saturated heterocycles. The number of hydrogen-bond acceptors (Lipinski definition) is 5. The maximum absolute atomic E-state index is 14.4. The molecule has 0 unspecified atom stereocenters. The maximum atomic E-state index is 14.4. The van der Waals surface area contributed by atoms with Crippen LogP contribution in [0.4, 0.5) is 10.2 Å². The maximum Gasteiger partial charge on any atom is 0.240 e. The molecule has 40 heavy (non-hydrogen) atoms. The normalized spacial score (nSPS) is 15.5. The van der Waals surface area contributed by atoms with Crippen molar-refractivity contribution in [1.29, 1.82) is 0 Å². The summed E-state index contributed by atoms with van der Waals surface area (Å²) in [5.41, 5.74) is 3.04. The fourth-order valence-electron chi connectivity index (χ4n) is 4.69. The zero-order valence-corrected chi connectivity index (χ0v) is 24.0. The largest absolute Gasteiger partial charge is 0.349 e. The van der Waals surface area contributed by atoms with Gasteiger partial charge in [0.2, 0.25) is 11.8 Å². The number of para-hydroxylation sites is 1. The van der Waals surface area contributed by atoms with Crippen molar-refractivity contribution in [2.75, 3.05) is 17.2 Å². The molecule has 1 aliphatic rings. The van der Waals surface area contributed by atoms with Crippen LogP contribution in [-0.2, 0) is 21.5 Å². The van der Waals surface area contributed by atoms with Crippen LogP contribution in [0.25, 0.3) is 5.69 Å². The lowest BCUT2D eigenvalue weighted by molar-refractivity contribution is -0.123. The van der Waals surface area contributed by atoms with Crippen LogP contribution in [0.15, 0.2) is 72.9 Å². The predicted octanol–water partition coefficient (Wildman–Crippen LogP) is 5.84. The third-order valence-corrected chi connectivity index (χ3v) is 8.10. The average Bonchev–Trinajstić information content (AvgIpc) is 3.26. The first-order valence-corrected chi connectivity index (χ1v) is 14.3. The fraction of sp³-hybridized carbons (Fsp3) is 0.267. The van der Waals surface area contributed by atoms with E-state index in [1.54, 1.807) is 29.1 Å². The van der Waals surface area contributed by atoms with E-state index in [9.17, 15) is 14.0 Å². The van der Waals surface area contributed by atoms with Gasteiger partial charge in [-0.15, -0.1) is 11.8 Å². The van der Waals surface area contributed by atoms with Gasteiger partial charge in [0.25, 0.3) is 0 Å². The van der Waals surface area contributed by atoms with E-state index in [1.807, 2.05) is 57.2 Å². The SMILES string of the molecule is CC(C)(C)c1nn(-c2ccccc2Cl)c2c1[C@@H](c1cccc(F)c1)SCC(=O)N2CC(=O)NCc1ccccn1. The molecular weight excluding hydrogens is 549 g/mol. The third kappa shape index (κ3) is 5.76. The van der Waals surface area contributed by atoms with Crippen LogP contribution in [0.3, 0.4) is 0 Å². The van der Waals surface area contributed by atoms with E-state index in [-0.39, 0.29) is 36.5 Å². The summed E-state index contributed by atoms with van der Waals surface area (Å²) in [7, 11) is 0. The standard InChI is InChI=1S/C30H29ClFN5O2S/c1-30(2,3)28-26-27(19-9-8-10-20(32)15-19)40-18-25(39)36(17-24(38)34-16-21-11-6-7-14-33-21)29(26)37(35-28)23-13-5-4-12-22(23)31/h4-15,27H,16-18H2,1-3H3,(H,34,38)/t27-/m1/s1. The predicted molar refractivity (Wildman–Crippen MR) is 156 cm³/mol.